The second-order valence-corrected chi connectivity index (χ2v) is 6.67. The lowest BCUT2D eigenvalue weighted by molar-refractivity contribution is -0.0324. The van der Waals surface area contributed by atoms with Crippen LogP contribution in [0, 0.1) is 0 Å². The van der Waals surface area contributed by atoms with Crippen molar-refractivity contribution in [1.29, 1.82) is 0 Å². The van der Waals surface area contributed by atoms with E-state index >= 15 is 0 Å². The highest BCUT2D eigenvalue weighted by molar-refractivity contribution is 5.27. The molecule has 0 spiro atoms. The fourth-order valence-electron chi connectivity index (χ4n) is 3.74. The molecule has 2 atom stereocenters. The second-order valence-electron chi connectivity index (χ2n) is 6.67. The molecule has 0 aromatic carbocycles. The van der Waals surface area contributed by atoms with Gasteiger partial charge in [0, 0.05) is 37.4 Å². The Morgan fingerprint density at radius 3 is 2.88 bits per heavy atom. The second kappa shape index (κ2) is 8.17. The first-order chi connectivity index (χ1) is 12.1. The Morgan fingerprint density at radius 2 is 2.20 bits per heavy atom. The van der Waals surface area contributed by atoms with Crippen LogP contribution in [0.1, 0.15) is 49.1 Å². The number of rotatable bonds is 7. The van der Waals surface area contributed by atoms with Crippen LogP contribution in [-0.2, 0) is 31.2 Å². The van der Waals surface area contributed by atoms with Gasteiger partial charge in [-0.2, -0.15) is 5.10 Å². The summed E-state index contributed by atoms with van der Waals surface area (Å²) in [6.07, 6.45) is 3.52. The fraction of sp³-hybridized carbons (Fsp3) is 0.632. The van der Waals surface area contributed by atoms with Gasteiger partial charge in [-0.1, -0.05) is 13.8 Å². The average Bonchev–Trinajstić information content (AvgIpc) is 3.24. The first-order valence-electron chi connectivity index (χ1n) is 9.20. The summed E-state index contributed by atoms with van der Waals surface area (Å²) in [6, 6.07) is 3.80. The average molecular weight is 347 g/mol. The van der Waals surface area contributed by atoms with Gasteiger partial charge in [0.1, 0.15) is 11.9 Å². The molecule has 1 N–H and O–H groups in total. The lowest BCUT2D eigenvalue weighted by Crippen LogP contribution is -2.45. The van der Waals surface area contributed by atoms with E-state index in [1.54, 1.807) is 6.26 Å². The summed E-state index contributed by atoms with van der Waals surface area (Å²) in [5.74, 6) is 0.621. The first kappa shape index (κ1) is 18.2. The molecule has 0 radical (unpaired) electrons. The normalized spacial score (nSPS) is 20.1. The van der Waals surface area contributed by atoms with E-state index in [-0.39, 0.29) is 6.04 Å². The van der Waals surface area contributed by atoms with Crippen LogP contribution in [0.5, 0.6) is 0 Å². The molecular weight excluding hydrogens is 318 g/mol. The van der Waals surface area contributed by atoms with Gasteiger partial charge >= 0.3 is 0 Å². The van der Waals surface area contributed by atoms with Crippen molar-refractivity contribution in [2.75, 3.05) is 19.8 Å². The topological polar surface area (TPSA) is 63.7 Å². The third-order valence-electron chi connectivity index (χ3n) is 5.11. The Bertz CT molecular complexity index is 666. The van der Waals surface area contributed by atoms with Crippen molar-refractivity contribution in [3.8, 4) is 0 Å². The van der Waals surface area contributed by atoms with Gasteiger partial charge in [0.25, 0.3) is 0 Å². The third-order valence-corrected chi connectivity index (χ3v) is 5.11. The van der Waals surface area contributed by atoms with Crippen LogP contribution in [0.2, 0.25) is 0 Å². The molecule has 1 saturated heterocycles. The molecule has 0 bridgehead atoms. The number of aryl methyl sites for hydroxylation is 2. The van der Waals surface area contributed by atoms with E-state index in [0.717, 1.165) is 32.5 Å². The molecule has 138 valence electrons. The van der Waals surface area contributed by atoms with E-state index in [2.05, 4.69) is 23.8 Å². The molecule has 1 fully saturated rings. The molecule has 6 heteroatoms. The number of furan rings is 1. The van der Waals surface area contributed by atoms with Crippen LogP contribution in [0.4, 0.5) is 0 Å². The first-order valence-corrected chi connectivity index (χ1v) is 9.20. The van der Waals surface area contributed by atoms with Gasteiger partial charge in [-0.15, -0.1) is 0 Å². The van der Waals surface area contributed by atoms with E-state index in [0.29, 0.717) is 18.8 Å². The number of hydrogen-bond donors (Lipinski definition) is 1. The Morgan fingerprint density at radius 1 is 1.36 bits per heavy atom. The van der Waals surface area contributed by atoms with Crippen LogP contribution in [-0.4, -0.2) is 45.6 Å². The van der Waals surface area contributed by atoms with Crippen molar-refractivity contribution in [1.82, 2.24) is 14.7 Å². The summed E-state index contributed by atoms with van der Waals surface area (Å²) in [4.78, 5) is 2.42. The molecule has 0 aliphatic carbocycles. The van der Waals surface area contributed by atoms with Crippen LogP contribution in [0.25, 0.3) is 0 Å². The molecule has 2 aromatic heterocycles. The third kappa shape index (κ3) is 3.97. The van der Waals surface area contributed by atoms with Gasteiger partial charge in [-0.25, -0.2) is 0 Å². The summed E-state index contributed by atoms with van der Waals surface area (Å²) < 4.78 is 13.0. The van der Waals surface area contributed by atoms with E-state index in [1.165, 1.54) is 17.0 Å². The highest BCUT2D eigenvalue weighted by atomic mass is 16.5. The number of aliphatic hydroxyl groups is 1. The van der Waals surface area contributed by atoms with Crippen LogP contribution in [0.15, 0.2) is 22.8 Å². The molecule has 2 aromatic rings. The molecule has 0 saturated carbocycles. The Balaban J connectivity index is 1.75. The monoisotopic (exact) mass is 347 g/mol. The van der Waals surface area contributed by atoms with E-state index < -0.39 is 6.10 Å². The summed E-state index contributed by atoms with van der Waals surface area (Å²) >= 11 is 0. The van der Waals surface area contributed by atoms with Crippen LogP contribution < -0.4 is 0 Å². The zero-order chi connectivity index (χ0) is 17.8. The summed E-state index contributed by atoms with van der Waals surface area (Å²) in [5.41, 5.74) is 3.82. The zero-order valence-corrected chi connectivity index (χ0v) is 15.4. The number of aliphatic hydroxyl groups excluding tert-OH is 1. The quantitative estimate of drug-likeness (QED) is 0.833. The van der Waals surface area contributed by atoms with Crippen molar-refractivity contribution in [2.45, 2.75) is 51.8 Å². The van der Waals surface area contributed by atoms with Gasteiger partial charge in [-0.05, 0) is 31.4 Å². The smallest absolute Gasteiger partial charge is 0.132 e. The maximum absolute atomic E-state index is 10.5. The minimum atomic E-state index is -0.602. The highest BCUT2D eigenvalue weighted by Crippen LogP contribution is 2.26. The minimum Gasteiger partial charge on any atom is -0.467 e. The molecule has 0 amide bonds. The minimum absolute atomic E-state index is 0.170. The van der Waals surface area contributed by atoms with E-state index in [9.17, 15) is 5.11 Å². The molecule has 2 unspecified atom stereocenters. The summed E-state index contributed by atoms with van der Waals surface area (Å²) in [7, 11) is 2.03. The predicted molar refractivity (Wildman–Crippen MR) is 95.3 cm³/mol. The lowest BCUT2D eigenvalue weighted by atomic mass is 10.0. The largest absolute Gasteiger partial charge is 0.467 e. The van der Waals surface area contributed by atoms with Crippen molar-refractivity contribution < 1.29 is 14.3 Å². The lowest BCUT2D eigenvalue weighted by Gasteiger charge is -2.36. The Labute approximate surface area is 149 Å². The van der Waals surface area contributed by atoms with Crippen molar-refractivity contribution in [3.05, 3.63) is 41.1 Å². The molecule has 1 aliphatic rings. The van der Waals surface area contributed by atoms with Gasteiger partial charge in [0.15, 0.2) is 0 Å². The number of aromatic nitrogens is 2. The molecule has 1 aliphatic heterocycles. The predicted octanol–water partition coefficient (Wildman–Crippen LogP) is 2.46. The summed E-state index contributed by atoms with van der Waals surface area (Å²) in [5, 5.41) is 15.1. The Hall–Kier alpha value is -1.63. The molecule has 25 heavy (non-hydrogen) atoms. The SMILES string of the molecule is CCc1nn(C)c(CC)c1CN1CCOCC1CC(O)c1ccco1. The maximum atomic E-state index is 10.5. The van der Waals surface area contributed by atoms with Gasteiger partial charge in [0.05, 0.1) is 25.2 Å². The Kier molecular flexibility index (Phi) is 5.93. The van der Waals surface area contributed by atoms with Gasteiger partial charge < -0.3 is 14.3 Å². The van der Waals surface area contributed by atoms with Crippen LogP contribution in [0.3, 0.4) is 0 Å². The van der Waals surface area contributed by atoms with Crippen LogP contribution >= 0.6 is 0 Å². The zero-order valence-electron chi connectivity index (χ0n) is 15.4. The van der Waals surface area contributed by atoms with Gasteiger partial charge in [0.2, 0.25) is 0 Å². The van der Waals surface area contributed by atoms with E-state index in [1.807, 2.05) is 23.9 Å². The number of hydrogen-bond acceptors (Lipinski definition) is 5. The van der Waals surface area contributed by atoms with Gasteiger partial charge in [-0.3, -0.25) is 9.58 Å². The molecule has 6 nitrogen and oxygen atoms in total. The fourth-order valence-corrected chi connectivity index (χ4v) is 3.74. The molecular formula is C19H29N3O3. The van der Waals surface area contributed by atoms with Crippen molar-refractivity contribution in [2.24, 2.45) is 7.05 Å². The number of nitrogens with zero attached hydrogens (tertiary/aromatic N) is 3. The van der Waals surface area contributed by atoms with E-state index in [4.69, 9.17) is 9.15 Å². The molecule has 3 rings (SSSR count). The van der Waals surface area contributed by atoms with Crippen molar-refractivity contribution in [3.63, 3.8) is 0 Å². The standard InChI is InChI=1S/C19H29N3O3/c1-4-16-15(17(5-2)21(3)20-16)12-22-8-10-24-13-14(22)11-18(23)19-7-6-9-25-19/h6-7,9,14,18,23H,4-5,8,10-13H2,1-3H3. The van der Waals surface area contributed by atoms with Crippen molar-refractivity contribution >= 4 is 0 Å². The maximum Gasteiger partial charge on any atom is 0.132 e. The number of ether oxygens (including phenoxy) is 1. The highest BCUT2D eigenvalue weighted by Gasteiger charge is 2.28. The number of morpholine rings is 1. The summed E-state index contributed by atoms with van der Waals surface area (Å²) in [6.45, 7) is 7.44. The molecule has 3 heterocycles.